The van der Waals surface area contributed by atoms with Crippen LogP contribution in [-0.4, -0.2) is 25.5 Å². The van der Waals surface area contributed by atoms with Crippen molar-refractivity contribution in [3.8, 4) is 11.5 Å². The first-order valence-electron chi connectivity index (χ1n) is 8.69. The number of amides is 2. The van der Waals surface area contributed by atoms with Crippen LogP contribution in [0.2, 0.25) is 0 Å². The van der Waals surface area contributed by atoms with Crippen molar-refractivity contribution in [2.45, 2.75) is 20.3 Å². The molecule has 0 aliphatic rings. The lowest BCUT2D eigenvalue weighted by molar-refractivity contribution is -0.123. The minimum absolute atomic E-state index is 0.256. The predicted octanol–water partition coefficient (Wildman–Crippen LogP) is 3.13. The highest BCUT2D eigenvalue weighted by molar-refractivity contribution is 5.95. The largest absolute Gasteiger partial charge is 0.493 e. The average molecular weight is 368 g/mol. The molecule has 0 aromatic heterocycles. The van der Waals surface area contributed by atoms with E-state index in [4.69, 9.17) is 9.47 Å². The van der Waals surface area contributed by atoms with Crippen LogP contribution in [0, 0.1) is 0 Å². The molecule has 0 spiro atoms. The van der Waals surface area contributed by atoms with Crippen molar-refractivity contribution in [1.29, 1.82) is 0 Å². The Bertz CT molecular complexity index is 813. The van der Waals surface area contributed by atoms with Crippen LogP contribution in [0.5, 0.6) is 11.5 Å². The number of benzene rings is 2. The number of nitrogens with one attached hydrogen (secondary N) is 2. The Kier molecular flexibility index (Phi) is 7.43. The highest BCUT2D eigenvalue weighted by Crippen LogP contribution is 2.28. The first-order chi connectivity index (χ1) is 13.1. The maximum Gasteiger partial charge on any atom is 0.276 e. The van der Waals surface area contributed by atoms with Gasteiger partial charge in [-0.15, -0.1) is 0 Å². The summed E-state index contributed by atoms with van der Waals surface area (Å²) in [7, 11) is 1.53. The van der Waals surface area contributed by atoms with Gasteiger partial charge in [0.2, 0.25) is 0 Å². The minimum atomic E-state index is -0.479. The van der Waals surface area contributed by atoms with Gasteiger partial charge in [0.25, 0.3) is 11.8 Å². The molecule has 2 rings (SSSR count). The van der Waals surface area contributed by atoms with Gasteiger partial charge in [-0.05, 0) is 48.7 Å². The molecule has 6 nitrogen and oxygen atoms in total. The maximum absolute atomic E-state index is 12.0. The fourth-order valence-electron chi connectivity index (χ4n) is 2.37. The number of methoxy groups -OCH3 is 1. The van der Waals surface area contributed by atoms with Gasteiger partial charge >= 0.3 is 0 Å². The van der Waals surface area contributed by atoms with Crippen molar-refractivity contribution in [2.75, 3.05) is 13.7 Å². The first kappa shape index (κ1) is 20.0. The quantitative estimate of drug-likeness (QED) is 0.736. The van der Waals surface area contributed by atoms with Crippen LogP contribution < -0.4 is 20.3 Å². The lowest BCUT2D eigenvalue weighted by atomic mass is 10.1. The lowest BCUT2D eigenvalue weighted by Gasteiger charge is -2.12. The highest BCUT2D eigenvalue weighted by Gasteiger charge is 2.10. The molecular weight excluding hydrogens is 344 g/mol. The summed E-state index contributed by atoms with van der Waals surface area (Å²) >= 11 is 0. The van der Waals surface area contributed by atoms with E-state index in [1.54, 1.807) is 18.2 Å². The van der Waals surface area contributed by atoms with Crippen molar-refractivity contribution < 1.29 is 19.1 Å². The molecule has 0 saturated heterocycles. The van der Waals surface area contributed by atoms with E-state index in [0.717, 1.165) is 17.5 Å². The fraction of sp³-hybridized carbons (Fsp3) is 0.238. The van der Waals surface area contributed by atoms with Gasteiger partial charge in [0.05, 0.1) is 7.11 Å². The summed E-state index contributed by atoms with van der Waals surface area (Å²) in [6.45, 7) is 3.71. The highest BCUT2D eigenvalue weighted by atomic mass is 16.5. The van der Waals surface area contributed by atoms with E-state index in [2.05, 4.69) is 10.9 Å². The third-order valence-electron chi connectivity index (χ3n) is 3.85. The van der Waals surface area contributed by atoms with Crippen LogP contribution in [-0.2, 0) is 11.2 Å². The zero-order valence-electron chi connectivity index (χ0n) is 15.7. The number of carbonyl (C=O) groups is 2. The van der Waals surface area contributed by atoms with Gasteiger partial charge in [-0.3, -0.25) is 20.4 Å². The smallest absolute Gasteiger partial charge is 0.276 e. The van der Waals surface area contributed by atoms with Crippen LogP contribution in [0.3, 0.4) is 0 Å². The Morgan fingerprint density at radius 3 is 2.41 bits per heavy atom. The first-order valence-corrected chi connectivity index (χ1v) is 8.69. The van der Waals surface area contributed by atoms with Gasteiger partial charge in [-0.1, -0.05) is 37.3 Å². The van der Waals surface area contributed by atoms with Gasteiger partial charge in [-0.25, -0.2) is 0 Å². The summed E-state index contributed by atoms with van der Waals surface area (Å²) in [5.74, 6) is 0.105. The second-order valence-electron chi connectivity index (χ2n) is 5.75. The molecule has 0 atom stereocenters. The molecule has 0 radical (unpaired) electrons. The monoisotopic (exact) mass is 368 g/mol. The fourth-order valence-corrected chi connectivity index (χ4v) is 2.37. The molecular formula is C21H24N2O4. The van der Waals surface area contributed by atoms with Crippen LogP contribution in [0.1, 0.15) is 35.3 Å². The Hall–Kier alpha value is -3.28. The molecule has 6 heteroatoms. The molecule has 2 aromatic carbocycles. The van der Waals surface area contributed by atoms with E-state index in [1.165, 1.54) is 7.11 Å². The molecule has 2 aromatic rings. The number of hydrazine groups is 1. The van der Waals surface area contributed by atoms with E-state index < -0.39 is 5.91 Å². The Labute approximate surface area is 159 Å². The van der Waals surface area contributed by atoms with Gasteiger partial charge in [0, 0.05) is 5.56 Å². The summed E-state index contributed by atoms with van der Waals surface area (Å²) in [6.07, 6.45) is 4.75. The van der Waals surface area contributed by atoms with E-state index in [1.807, 2.05) is 50.3 Å². The second-order valence-corrected chi connectivity index (χ2v) is 5.75. The van der Waals surface area contributed by atoms with E-state index in [9.17, 15) is 9.59 Å². The van der Waals surface area contributed by atoms with Crippen molar-refractivity contribution in [3.05, 3.63) is 65.2 Å². The Morgan fingerprint density at radius 1 is 1.04 bits per heavy atom. The summed E-state index contributed by atoms with van der Waals surface area (Å²) in [5, 5.41) is 0. The number of carbonyl (C=O) groups excluding carboxylic acids is 2. The topological polar surface area (TPSA) is 76.7 Å². The molecule has 0 unspecified atom stereocenters. The molecule has 0 bridgehead atoms. The van der Waals surface area contributed by atoms with Crippen LogP contribution in [0.4, 0.5) is 0 Å². The van der Waals surface area contributed by atoms with Crippen LogP contribution >= 0.6 is 0 Å². The zero-order chi connectivity index (χ0) is 19.6. The number of ether oxygens (including phenoxy) is 2. The number of hydrogen-bond donors (Lipinski definition) is 2. The number of rotatable bonds is 7. The van der Waals surface area contributed by atoms with E-state index in [0.29, 0.717) is 17.1 Å². The molecule has 27 heavy (non-hydrogen) atoms. The van der Waals surface area contributed by atoms with Crippen molar-refractivity contribution >= 4 is 17.9 Å². The standard InChI is InChI=1S/C21H24N2O4/c1-4-6-16-9-12-18(19(13-16)26-3)27-14-20(24)22-23-21(25)17-10-7-15(5-2)8-11-17/h4,6-13H,5,14H2,1-3H3,(H,22,24)(H,23,25)/b6-4+. The number of allylic oxidation sites excluding steroid dienone is 1. The van der Waals surface area contributed by atoms with E-state index >= 15 is 0 Å². The summed E-state index contributed by atoms with van der Waals surface area (Å²) in [5.41, 5.74) is 7.27. The second kappa shape index (κ2) is 10.0. The molecule has 0 heterocycles. The third-order valence-corrected chi connectivity index (χ3v) is 3.85. The summed E-state index contributed by atoms with van der Waals surface area (Å²) < 4.78 is 10.8. The molecule has 0 fully saturated rings. The Balaban J connectivity index is 1.86. The average Bonchev–Trinajstić information content (AvgIpc) is 2.71. The lowest BCUT2D eigenvalue weighted by Crippen LogP contribution is -2.43. The SMILES string of the molecule is C/C=C/c1ccc(OCC(=O)NNC(=O)c2ccc(CC)cc2)c(OC)c1. The third kappa shape index (κ3) is 5.88. The number of aryl methyl sites for hydroxylation is 1. The Morgan fingerprint density at radius 2 is 1.78 bits per heavy atom. The normalized spacial score (nSPS) is 10.5. The van der Waals surface area contributed by atoms with Crippen molar-refractivity contribution in [1.82, 2.24) is 10.9 Å². The minimum Gasteiger partial charge on any atom is -0.493 e. The van der Waals surface area contributed by atoms with Gasteiger partial charge in [0.15, 0.2) is 18.1 Å². The van der Waals surface area contributed by atoms with Gasteiger partial charge in [-0.2, -0.15) is 0 Å². The van der Waals surface area contributed by atoms with Crippen molar-refractivity contribution in [3.63, 3.8) is 0 Å². The predicted molar refractivity (Wildman–Crippen MR) is 105 cm³/mol. The number of hydrogen-bond acceptors (Lipinski definition) is 4. The molecule has 0 aliphatic carbocycles. The molecule has 0 aliphatic heterocycles. The maximum atomic E-state index is 12.0. The molecule has 2 N–H and O–H groups in total. The van der Waals surface area contributed by atoms with Gasteiger partial charge in [0.1, 0.15) is 0 Å². The van der Waals surface area contributed by atoms with Crippen LogP contribution in [0.15, 0.2) is 48.5 Å². The molecule has 0 saturated carbocycles. The summed E-state index contributed by atoms with van der Waals surface area (Å²) in [4.78, 5) is 23.9. The molecule has 142 valence electrons. The van der Waals surface area contributed by atoms with Gasteiger partial charge < -0.3 is 9.47 Å². The van der Waals surface area contributed by atoms with E-state index in [-0.39, 0.29) is 12.5 Å². The molecule has 2 amide bonds. The van der Waals surface area contributed by atoms with Crippen LogP contribution in [0.25, 0.3) is 6.08 Å². The zero-order valence-corrected chi connectivity index (χ0v) is 15.7. The van der Waals surface area contributed by atoms with Crippen molar-refractivity contribution in [2.24, 2.45) is 0 Å². The summed E-state index contributed by atoms with van der Waals surface area (Å²) in [6, 6.07) is 12.6.